The molecule has 0 aliphatic heterocycles. The van der Waals surface area contributed by atoms with Gasteiger partial charge in [-0.05, 0) is 31.6 Å². The van der Waals surface area contributed by atoms with Crippen LogP contribution in [0.1, 0.15) is 26.3 Å². The monoisotopic (exact) mass is 429 g/mol. The van der Waals surface area contributed by atoms with Gasteiger partial charge >= 0.3 is 17.9 Å². The highest BCUT2D eigenvalue weighted by atomic mass is 19.4. The number of primary amides is 1. The van der Waals surface area contributed by atoms with E-state index in [0.29, 0.717) is 4.57 Å². The first-order valence-electron chi connectivity index (χ1n) is 9.22. The number of hydrogen-bond acceptors (Lipinski definition) is 4. The summed E-state index contributed by atoms with van der Waals surface area (Å²) in [5, 5.41) is 2.39. The number of benzene rings is 1. The van der Waals surface area contributed by atoms with E-state index >= 15 is 0 Å². The van der Waals surface area contributed by atoms with Gasteiger partial charge in [0.2, 0.25) is 5.91 Å². The van der Waals surface area contributed by atoms with Crippen LogP contribution in [0.3, 0.4) is 0 Å². The highest BCUT2D eigenvalue weighted by Gasteiger charge is 2.37. The van der Waals surface area contributed by atoms with Crippen molar-refractivity contribution < 1.29 is 22.8 Å². The Hall–Kier alpha value is -2.82. The van der Waals surface area contributed by atoms with Crippen molar-refractivity contribution >= 4 is 23.0 Å². The lowest BCUT2D eigenvalue weighted by molar-refractivity contribution is -0.136. The molecule has 2 rings (SSSR count). The zero-order valence-electron chi connectivity index (χ0n) is 17.5. The number of likely N-dealkylation sites (N-methyl/N-ethyl adjacent to an activating group) is 1. The largest absolute Gasteiger partial charge is 0.418 e. The van der Waals surface area contributed by atoms with Crippen LogP contribution in [0, 0.1) is 5.41 Å². The summed E-state index contributed by atoms with van der Waals surface area (Å²) >= 11 is 0. The van der Waals surface area contributed by atoms with Gasteiger partial charge in [-0.15, -0.1) is 0 Å². The Morgan fingerprint density at radius 3 is 2.27 bits per heavy atom. The van der Waals surface area contributed by atoms with E-state index in [1.165, 1.54) is 6.07 Å². The standard InChI is InChI=1S/C19H26F3N5O3/c1-18(2,3)14(15(23)28)24-16(29)27-12-8-6-7-11(19(20,21)22)13(12)26(17(27)30)10-9-25(4)5/h6-8,14H,9-10H2,1-5H3,(H2,23,28)(H,24,29). The molecule has 11 heteroatoms. The van der Waals surface area contributed by atoms with Crippen LogP contribution in [-0.2, 0) is 17.5 Å². The van der Waals surface area contributed by atoms with Crippen molar-refractivity contribution in [1.82, 2.24) is 19.4 Å². The Balaban J connectivity index is 2.71. The maximum absolute atomic E-state index is 13.6. The molecule has 1 atom stereocenters. The summed E-state index contributed by atoms with van der Waals surface area (Å²) in [6, 6.07) is 1.08. The summed E-state index contributed by atoms with van der Waals surface area (Å²) in [6.07, 6.45) is -4.73. The molecule has 1 aromatic carbocycles. The number of carbonyl (C=O) groups excluding carboxylic acids is 2. The second-order valence-electron chi connectivity index (χ2n) is 8.39. The summed E-state index contributed by atoms with van der Waals surface area (Å²) in [5.41, 5.74) is 2.04. The molecule has 0 aliphatic rings. The van der Waals surface area contributed by atoms with Crippen molar-refractivity contribution in [3.63, 3.8) is 0 Å². The van der Waals surface area contributed by atoms with Crippen LogP contribution in [0.2, 0.25) is 0 Å². The molecule has 8 nitrogen and oxygen atoms in total. The number of fused-ring (bicyclic) bond motifs is 1. The minimum absolute atomic E-state index is 0.0613. The number of aromatic nitrogens is 2. The number of rotatable bonds is 5. The van der Waals surface area contributed by atoms with Crippen molar-refractivity contribution in [2.24, 2.45) is 11.1 Å². The predicted octanol–water partition coefficient (Wildman–Crippen LogP) is 1.84. The number of carbonyl (C=O) groups is 2. The van der Waals surface area contributed by atoms with Crippen LogP contribution < -0.4 is 16.7 Å². The van der Waals surface area contributed by atoms with Gasteiger partial charge in [0, 0.05) is 13.1 Å². The molecule has 30 heavy (non-hydrogen) atoms. The highest BCUT2D eigenvalue weighted by molar-refractivity contribution is 5.93. The normalized spacial score (nSPS) is 13.6. The maximum Gasteiger partial charge on any atom is 0.418 e. The van der Waals surface area contributed by atoms with E-state index in [1.54, 1.807) is 39.8 Å². The van der Waals surface area contributed by atoms with Gasteiger partial charge in [0.05, 0.1) is 16.6 Å². The Morgan fingerprint density at radius 2 is 1.80 bits per heavy atom. The third-order valence-electron chi connectivity index (χ3n) is 4.65. The Kier molecular flexibility index (Phi) is 6.36. The molecular formula is C19H26F3N5O3. The van der Waals surface area contributed by atoms with Crippen molar-refractivity contribution in [2.45, 2.75) is 39.5 Å². The van der Waals surface area contributed by atoms with Gasteiger partial charge in [-0.3, -0.25) is 9.36 Å². The first-order chi connectivity index (χ1) is 13.7. The molecule has 0 bridgehead atoms. The topological polar surface area (TPSA) is 102 Å². The van der Waals surface area contributed by atoms with Gasteiger partial charge in [-0.1, -0.05) is 26.8 Å². The molecule has 2 amide bonds. The van der Waals surface area contributed by atoms with Gasteiger partial charge in [-0.2, -0.15) is 13.2 Å². The number of nitrogens with zero attached hydrogens (tertiary/aromatic N) is 3. The molecule has 1 aromatic heterocycles. The lowest BCUT2D eigenvalue weighted by atomic mass is 9.86. The van der Waals surface area contributed by atoms with Crippen LogP contribution in [0.5, 0.6) is 0 Å². The van der Waals surface area contributed by atoms with E-state index in [0.717, 1.165) is 16.7 Å². The third kappa shape index (κ3) is 4.66. The number of nitrogens with two attached hydrogens (primary N) is 1. The molecule has 0 fully saturated rings. The fraction of sp³-hybridized carbons (Fsp3) is 0.526. The predicted molar refractivity (Wildman–Crippen MR) is 106 cm³/mol. The van der Waals surface area contributed by atoms with Gasteiger partial charge in [0.15, 0.2) is 0 Å². The van der Waals surface area contributed by atoms with Crippen LogP contribution >= 0.6 is 0 Å². The average molecular weight is 429 g/mol. The number of nitrogens with one attached hydrogen (secondary N) is 1. The van der Waals surface area contributed by atoms with Gasteiger partial charge in [0.25, 0.3) is 0 Å². The summed E-state index contributed by atoms with van der Waals surface area (Å²) in [6.45, 7) is 5.20. The third-order valence-corrected chi connectivity index (χ3v) is 4.65. The maximum atomic E-state index is 13.6. The molecule has 2 aromatic rings. The van der Waals surface area contributed by atoms with Crippen molar-refractivity contribution in [2.75, 3.05) is 20.6 Å². The number of alkyl halides is 3. The van der Waals surface area contributed by atoms with E-state index in [-0.39, 0.29) is 18.6 Å². The molecule has 0 saturated heterocycles. The van der Waals surface area contributed by atoms with Crippen molar-refractivity contribution in [1.29, 1.82) is 0 Å². The molecule has 1 heterocycles. The summed E-state index contributed by atoms with van der Waals surface area (Å²) in [4.78, 5) is 39.4. The second kappa shape index (κ2) is 8.13. The zero-order valence-corrected chi connectivity index (χ0v) is 17.5. The van der Waals surface area contributed by atoms with Crippen LogP contribution in [-0.4, -0.2) is 52.7 Å². The number of hydrogen-bond donors (Lipinski definition) is 2. The molecule has 1 unspecified atom stereocenters. The van der Waals surface area contributed by atoms with E-state index in [1.807, 2.05) is 0 Å². The van der Waals surface area contributed by atoms with Crippen LogP contribution in [0.4, 0.5) is 18.0 Å². The van der Waals surface area contributed by atoms with Crippen LogP contribution in [0.25, 0.3) is 11.0 Å². The smallest absolute Gasteiger partial charge is 0.368 e. The molecule has 0 aliphatic carbocycles. The van der Waals surface area contributed by atoms with E-state index in [4.69, 9.17) is 5.73 Å². The SMILES string of the molecule is CN(C)CCn1c(=O)n(C(=O)NC(C(N)=O)C(C)(C)C)c2cccc(C(F)(F)F)c21. The van der Waals surface area contributed by atoms with Crippen molar-refractivity contribution in [3.05, 3.63) is 34.2 Å². The number of amides is 2. The Labute approximate surface area is 171 Å². The number of imidazole rings is 1. The van der Waals surface area contributed by atoms with E-state index < -0.39 is 46.3 Å². The lowest BCUT2D eigenvalue weighted by Crippen LogP contribution is -2.54. The summed E-state index contributed by atoms with van der Waals surface area (Å²) in [7, 11) is 3.42. The summed E-state index contributed by atoms with van der Waals surface area (Å²) < 4.78 is 42.4. The quantitative estimate of drug-likeness (QED) is 0.757. The number of halogens is 3. The van der Waals surface area contributed by atoms with E-state index in [9.17, 15) is 27.6 Å². The highest BCUT2D eigenvalue weighted by Crippen LogP contribution is 2.34. The van der Waals surface area contributed by atoms with Gasteiger partial charge < -0.3 is 16.0 Å². The molecule has 166 valence electrons. The lowest BCUT2D eigenvalue weighted by Gasteiger charge is -2.28. The fourth-order valence-electron chi connectivity index (χ4n) is 3.15. The van der Waals surface area contributed by atoms with Crippen molar-refractivity contribution in [3.8, 4) is 0 Å². The second-order valence-corrected chi connectivity index (χ2v) is 8.39. The molecule has 0 spiro atoms. The average Bonchev–Trinajstić information content (AvgIpc) is 2.86. The first-order valence-corrected chi connectivity index (χ1v) is 9.22. The zero-order chi connectivity index (χ0) is 23.0. The first kappa shape index (κ1) is 23.5. The molecular weight excluding hydrogens is 403 g/mol. The van der Waals surface area contributed by atoms with Gasteiger partial charge in [0.1, 0.15) is 6.04 Å². The molecule has 0 radical (unpaired) electrons. The van der Waals surface area contributed by atoms with Crippen LogP contribution in [0.15, 0.2) is 23.0 Å². The molecule has 0 saturated carbocycles. The number of para-hydroxylation sites is 1. The molecule has 3 N–H and O–H groups in total. The van der Waals surface area contributed by atoms with Gasteiger partial charge in [-0.25, -0.2) is 14.2 Å². The Morgan fingerprint density at radius 1 is 1.20 bits per heavy atom. The summed E-state index contributed by atoms with van der Waals surface area (Å²) in [5.74, 6) is -0.823. The fourth-order valence-corrected chi connectivity index (χ4v) is 3.15. The Bertz CT molecular complexity index is 1020. The minimum atomic E-state index is -4.73. The minimum Gasteiger partial charge on any atom is -0.368 e. The van der Waals surface area contributed by atoms with E-state index in [2.05, 4.69) is 5.32 Å².